The molecule has 0 aliphatic carbocycles. The molecule has 2 aliphatic rings. The number of ether oxygens (including phenoxy) is 1. The van der Waals surface area contributed by atoms with Crippen LogP contribution in [0.25, 0.3) is 0 Å². The van der Waals surface area contributed by atoms with Crippen LogP contribution in [0, 0.1) is 0 Å². The number of nitrogens with one attached hydrogen (secondary N) is 1. The van der Waals surface area contributed by atoms with Crippen LogP contribution < -0.4 is 10.1 Å². The van der Waals surface area contributed by atoms with Gasteiger partial charge in [-0.25, -0.2) is 4.99 Å². The molecule has 3 rings (SSSR count). The molecule has 2 atom stereocenters. The van der Waals surface area contributed by atoms with E-state index in [2.05, 4.69) is 34.2 Å². The van der Waals surface area contributed by atoms with Gasteiger partial charge in [-0.1, -0.05) is 35.9 Å². The summed E-state index contributed by atoms with van der Waals surface area (Å²) >= 11 is 6.17. The number of likely N-dealkylation sites (tertiary alicyclic amines) is 1. The summed E-state index contributed by atoms with van der Waals surface area (Å²) in [6.07, 6.45) is 5.67. The Hall–Kier alpha value is -1.72. The number of halogens is 1. The third-order valence-electron chi connectivity index (χ3n) is 4.82. The Kier molecular flexibility index (Phi) is 6.80. The van der Waals surface area contributed by atoms with Gasteiger partial charge in [-0.2, -0.15) is 0 Å². The lowest BCUT2D eigenvalue weighted by atomic mass is 10.2. The molecule has 2 unspecified atom stereocenters. The van der Waals surface area contributed by atoms with Crippen LogP contribution in [0.2, 0.25) is 5.02 Å². The van der Waals surface area contributed by atoms with Gasteiger partial charge < -0.3 is 15.0 Å². The van der Waals surface area contributed by atoms with Crippen molar-refractivity contribution in [2.75, 3.05) is 39.3 Å². The number of benzene rings is 1. The zero-order chi connectivity index (χ0) is 18.4. The molecular weight excluding hydrogens is 348 g/mol. The maximum absolute atomic E-state index is 6.17. The molecule has 26 heavy (non-hydrogen) atoms. The number of aliphatic imine (C=N–C) groups is 1. The first-order chi connectivity index (χ1) is 12.7. The van der Waals surface area contributed by atoms with Crippen LogP contribution in [0.1, 0.15) is 20.3 Å². The first kappa shape index (κ1) is 19.1. The van der Waals surface area contributed by atoms with E-state index in [-0.39, 0.29) is 6.10 Å². The fraction of sp³-hybridized carbons (Fsp3) is 0.550. The Morgan fingerprint density at radius 2 is 2.12 bits per heavy atom. The van der Waals surface area contributed by atoms with E-state index in [0.717, 1.165) is 38.7 Å². The summed E-state index contributed by atoms with van der Waals surface area (Å²) in [5, 5.41) is 4.06. The maximum Gasteiger partial charge on any atom is 0.194 e. The normalized spacial score (nSPS) is 22.0. The van der Waals surface area contributed by atoms with Gasteiger partial charge in [0.05, 0.1) is 11.6 Å². The molecule has 0 aromatic heterocycles. The van der Waals surface area contributed by atoms with Crippen LogP contribution in [-0.4, -0.2) is 67.2 Å². The molecule has 1 saturated heterocycles. The average Bonchev–Trinajstić information content (AvgIpc) is 3.32. The van der Waals surface area contributed by atoms with E-state index in [0.29, 0.717) is 23.4 Å². The second kappa shape index (κ2) is 9.28. The van der Waals surface area contributed by atoms with Crippen LogP contribution in [-0.2, 0) is 0 Å². The molecule has 0 spiro atoms. The number of para-hydroxylation sites is 1. The van der Waals surface area contributed by atoms with Gasteiger partial charge in [-0.05, 0) is 32.4 Å². The molecule has 1 aromatic carbocycles. The third kappa shape index (κ3) is 4.92. The van der Waals surface area contributed by atoms with Crippen LogP contribution in [0.5, 0.6) is 5.75 Å². The molecule has 2 heterocycles. The summed E-state index contributed by atoms with van der Waals surface area (Å²) in [5.41, 5.74) is 0. The van der Waals surface area contributed by atoms with E-state index in [1.807, 2.05) is 31.2 Å². The molecule has 142 valence electrons. The van der Waals surface area contributed by atoms with Gasteiger partial charge in [0.1, 0.15) is 11.9 Å². The minimum atomic E-state index is -0.0373. The van der Waals surface area contributed by atoms with Crippen LogP contribution >= 0.6 is 11.6 Å². The smallest absolute Gasteiger partial charge is 0.194 e. The minimum absolute atomic E-state index is 0.0373. The van der Waals surface area contributed by atoms with Crippen molar-refractivity contribution in [2.45, 2.75) is 32.4 Å². The number of rotatable bonds is 6. The first-order valence-corrected chi connectivity index (χ1v) is 9.88. The predicted molar refractivity (Wildman–Crippen MR) is 108 cm³/mol. The van der Waals surface area contributed by atoms with Gasteiger partial charge in [0.15, 0.2) is 5.96 Å². The lowest BCUT2D eigenvalue weighted by molar-refractivity contribution is 0.229. The van der Waals surface area contributed by atoms with Crippen molar-refractivity contribution < 1.29 is 4.74 Å². The van der Waals surface area contributed by atoms with Crippen LogP contribution in [0.4, 0.5) is 0 Å². The zero-order valence-electron chi connectivity index (χ0n) is 15.7. The van der Waals surface area contributed by atoms with Crippen molar-refractivity contribution in [1.29, 1.82) is 0 Å². The summed E-state index contributed by atoms with van der Waals surface area (Å²) in [4.78, 5) is 9.72. The fourth-order valence-electron chi connectivity index (χ4n) is 3.46. The van der Waals surface area contributed by atoms with Gasteiger partial charge in [0.25, 0.3) is 0 Å². The Morgan fingerprint density at radius 3 is 2.85 bits per heavy atom. The van der Waals surface area contributed by atoms with Crippen molar-refractivity contribution in [3.05, 3.63) is 41.4 Å². The summed E-state index contributed by atoms with van der Waals surface area (Å²) in [5.74, 6) is 1.70. The highest BCUT2D eigenvalue weighted by atomic mass is 35.5. The van der Waals surface area contributed by atoms with Gasteiger partial charge in [-0.3, -0.25) is 4.90 Å². The van der Waals surface area contributed by atoms with Gasteiger partial charge in [0, 0.05) is 38.8 Å². The van der Waals surface area contributed by atoms with Crippen molar-refractivity contribution in [2.24, 2.45) is 4.99 Å². The maximum atomic E-state index is 6.17. The third-order valence-corrected chi connectivity index (χ3v) is 5.14. The number of hydrogen-bond acceptors (Lipinski definition) is 3. The molecule has 0 radical (unpaired) electrons. The number of hydrogen-bond donors (Lipinski definition) is 1. The highest BCUT2D eigenvalue weighted by Crippen LogP contribution is 2.24. The topological polar surface area (TPSA) is 40.1 Å². The van der Waals surface area contributed by atoms with E-state index in [1.165, 1.54) is 6.42 Å². The van der Waals surface area contributed by atoms with E-state index in [1.54, 1.807) is 0 Å². The molecule has 0 bridgehead atoms. The van der Waals surface area contributed by atoms with E-state index < -0.39 is 0 Å². The molecule has 6 heteroatoms. The summed E-state index contributed by atoms with van der Waals surface area (Å²) in [6.45, 7) is 9.84. The molecule has 2 aliphatic heterocycles. The van der Waals surface area contributed by atoms with Gasteiger partial charge in [-0.15, -0.1) is 0 Å². The van der Waals surface area contributed by atoms with E-state index >= 15 is 0 Å². The standard InChI is InChI=1S/C20H29ClN4O/c1-3-22-20(25-13-10-17(15-25)24-11-6-7-12-24)23-14-16(2)26-19-9-5-4-8-18(19)21/h4-9,16-17H,3,10-15H2,1-2H3,(H,22,23). The van der Waals surface area contributed by atoms with Crippen molar-refractivity contribution in [3.63, 3.8) is 0 Å². The van der Waals surface area contributed by atoms with Crippen LogP contribution in [0.15, 0.2) is 41.4 Å². The summed E-state index contributed by atoms with van der Waals surface area (Å²) < 4.78 is 5.94. The predicted octanol–water partition coefficient (Wildman–Crippen LogP) is 3.02. The molecular formula is C20H29ClN4O. The second-order valence-electron chi connectivity index (χ2n) is 6.87. The van der Waals surface area contributed by atoms with Crippen molar-refractivity contribution in [3.8, 4) is 5.75 Å². The Bertz CT molecular complexity index is 640. The largest absolute Gasteiger partial charge is 0.487 e. The van der Waals surface area contributed by atoms with Gasteiger partial charge in [0.2, 0.25) is 0 Å². The molecule has 0 saturated carbocycles. The first-order valence-electron chi connectivity index (χ1n) is 9.51. The minimum Gasteiger partial charge on any atom is -0.487 e. The highest BCUT2D eigenvalue weighted by molar-refractivity contribution is 6.32. The molecule has 1 N–H and O–H groups in total. The van der Waals surface area contributed by atoms with E-state index in [4.69, 9.17) is 21.3 Å². The van der Waals surface area contributed by atoms with Crippen molar-refractivity contribution in [1.82, 2.24) is 15.1 Å². The molecule has 1 aromatic rings. The number of nitrogens with zero attached hydrogens (tertiary/aromatic N) is 3. The summed E-state index contributed by atoms with van der Waals surface area (Å²) in [7, 11) is 0. The fourth-order valence-corrected chi connectivity index (χ4v) is 3.64. The lowest BCUT2D eigenvalue weighted by Crippen LogP contribution is -2.43. The second-order valence-corrected chi connectivity index (χ2v) is 7.27. The highest BCUT2D eigenvalue weighted by Gasteiger charge is 2.29. The zero-order valence-corrected chi connectivity index (χ0v) is 16.5. The van der Waals surface area contributed by atoms with Crippen molar-refractivity contribution >= 4 is 17.6 Å². The number of guanidine groups is 1. The van der Waals surface area contributed by atoms with Gasteiger partial charge >= 0.3 is 0 Å². The average molecular weight is 377 g/mol. The van der Waals surface area contributed by atoms with Crippen LogP contribution in [0.3, 0.4) is 0 Å². The Labute approximate surface area is 161 Å². The van der Waals surface area contributed by atoms with E-state index in [9.17, 15) is 0 Å². The Morgan fingerprint density at radius 1 is 1.35 bits per heavy atom. The molecule has 0 amide bonds. The lowest BCUT2D eigenvalue weighted by Gasteiger charge is -2.25. The Balaban J connectivity index is 1.56. The molecule has 1 fully saturated rings. The quantitative estimate of drug-likeness (QED) is 0.470. The monoisotopic (exact) mass is 376 g/mol. The molecule has 5 nitrogen and oxygen atoms in total. The SMILES string of the molecule is CCNC(=NCC(C)Oc1ccccc1Cl)N1CCC(N2CC=CC2)C1. The summed E-state index contributed by atoms with van der Waals surface area (Å²) in [6, 6.07) is 8.18.